The van der Waals surface area contributed by atoms with Crippen molar-refractivity contribution < 1.29 is 9.59 Å². The third-order valence-corrected chi connectivity index (χ3v) is 3.62. The molecule has 0 aromatic heterocycles. The van der Waals surface area contributed by atoms with Crippen LogP contribution < -0.4 is 10.6 Å². The van der Waals surface area contributed by atoms with Gasteiger partial charge in [-0.1, -0.05) is 41.9 Å². The molecule has 20 heavy (non-hydrogen) atoms. The summed E-state index contributed by atoms with van der Waals surface area (Å²) in [5.74, 6) is -0.387. The molecule has 0 bridgehead atoms. The highest BCUT2D eigenvalue weighted by molar-refractivity contribution is 9.10. The third-order valence-electron chi connectivity index (χ3n) is 3.12. The number of hydrogen-bond acceptors (Lipinski definition) is 2. The van der Waals surface area contributed by atoms with Crippen LogP contribution in [0.5, 0.6) is 0 Å². The molecule has 0 aliphatic rings. The van der Waals surface area contributed by atoms with E-state index in [1.54, 1.807) is 6.92 Å². The predicted molar refractivity (Wildman–Crippen MR) is 83.5 cm³/mol. The van der Waals surface area contributed by atoms with Gasteiger partial charge in [-0.25, -0.2) is 0 Å². The number of carbonyl (C=O) groups excluding carboxylic acids is 2. The number of carbonyl (C=O) groups is 2. The average Bonchev–Trinajstić information content (AvgIpc) is 2.35. The molecule has 1 atom stereocenters. The van der Waals surface area contributed by atoms with E-state index in [0.29, 0.717) is 6.54 Å². The lowest BCUT2D eigenvalue weighted by Crippen LogP contribution is -2.47. The molecule has 0 saturated heterocycles. The van der Waals surface area contributed by atoms with Crippen LogP contribution in [0.25, 0.3) is 0 Å². The molecule has 0 saturated carbocycles. The lowest BCUT2D eigenvalue weighted by Gasteiger charge is -2.26. The van der Waals surface area contributed by atoms with Gasteiger partial charge in [0.15, 0.2) is 0 Å². The summed E-state index contributed by atoms with van der Waals surface area (Å²) in [7, 11) is 0. The largest absolute Gasteiger partial charge is 0.353 e. The highest BCUT2D eigenvalue weighted by atomic mass is 79.9. The summed E-state index contributed by atoms with van der Waals surface area (Å²) >= 11 is 3.45. The molecule has 0 aliphatic heterocycles. The second kappa shape index (κ2) is 6.88. The van der Waals surface area contributed by atoms with Crippen LogP contribution in [0.15, 0.2) is 28.7 Å². The molecule has 0 spiro atoms. The molecular weight excluding hydrogens is 320 g/mol. The Morgan fingerprint density at radius 2 is 2.00 bits per heavy atom. The fourth-order valence-electron chi connectivity index (χ4n) is 1.84. The van der Waals surface area contributed by atoms with Crippen LogP contribution >= 0.6 is 15.9 Å². The van der Waals surface area contributed by atoms with Gasteiger partial charge in [-0.3, -0.25) is 9.59 Å². The minimum absolute atomic E-state index is 0.178. The van der Waals surface area contributed by atoms with E-state index >= 15 is 0 Å². The first-order chi connectivity index (χ1) is 9.22. The van der Waals surface area contributed by atoms with Gasteiger partial charge >= 0.3 is 0 Å². The molecule has 1 aromatic rings. The van der Waals surface area contributed by atoms with Crippen molar-refractivity contribution in [2.24, 2.45) is 0 Å². The Kier molecular flexibility index (Phi) is 5.74. The second-order valence-electron chi connectivity index (χ2n) is 5.53. The van der Waals surface area contributed by atoms with Gasteiger partial charge < -0.3 is 10.6 Å². The molecule has 2 N–H and O–H groups in total. The van der Waals surface area contributed by atoms with E-state index < -0.39 is 6.04 Å². The Hall–Kier alpha value is -1.36. The second-order valence-corrected chi connectivity index (χ2v) is 6.45. The van der Waals surface area contributed by atoms with Crippen LogP contribution in [0.1, 0.15) is 33.3 Å². The van der Waals surface area contributed by atoms with Crippen LogP contribution in [0.4, 0.5) is 0 Å². The maximum absolute atomic E-state index is 11.9. The van der Waals surface area contributed by atoms with E-state index in [4.69, 9.17) is 0 Å². The van der Waals surface area contributed by atoms with Gasteiger partial charge in [-0.2, -0.15) is 0 Å². The lowest BCUT2D eigenvalue weighted by atomic mass is 9.84. The smallest absolute Gasteiger partial charge is 0.242 e. The molecule has 1 rings (SSSR count). The van der Waals surface area contributed by atoms with Crippen molar-refractivity contribution in [2.75, 3.05) is 6.54 Å². The van der Waals surface area contributed by atoms with Crippen molar-refractivity contribution in [1.82, 2.24) is 10.6 Å². The lowest BCUT2D eigenvalue weighted by molar-refractivity contribution is -0.127. The fraction of sp³-hybridized carbons (Fsp3) is 0.467. The average molecular weight is 341 g/mol. The fourth-order valence-corrected chi connectivity index (χ4v) is 2.24. The summed E-state index contributed by atoms with van der Waals surface area (Å²) < 4.78 is 1.01. The minimum Gasteiger partial charge on any atom is -0.353 e. The molecule has 0 heterocycles. The first kappa shape index (κ1) is 16.7. The summed E-state index contributed by atoms with van der Waals surface area (Å²) in [6, 6.07) is 7.50. The number of hydrogen-bond donors (Lipinski definition) is 2. The van der Waals surface area contributed by atoms with Gasteiger partial charge in [-0.15, -0.1) is 0 Å². The first-order valence-electron chi connectivity index (χ1n) is 6.53. The summed E-state index contributed by atoms with van der Waals surface area (Å²) in [6.45, 7) is 7.71. The molecule has 0 fully saturated rings. The number of benzene rings is 1. The zero-order chi connectivity index (χ0) is 15.3. The number of amides is 2. The van der Waals surface area contributed by atoms with Crippen molar-refractivity contribution in [3.8, 4) is 0 Å². The minimum atomic E-state index is -0.522. The summed E-state index contributed by atoms with van der Waals surface area (Å²) in [5.41, 5.74) is 0.953. The van der Waals surface area contributed by atoms with E-state index in [2.05, 4.69) is 40.4 Å². The molecule has 0 unspecified atom stereocenters. The molecular formula is C15H21BrN2O2. The first-order valence-corrected chi connectivity index (χ1v) is 7.32. The SMILES string of the molecule is CC(=O)N[C@@H](C)C(=O)NCC(C)(C)c1cccc(Br)c1. The van der Waals surface area contributed by atoms with Gasteiger partial charge in [0, 0.05) is 23.4 Å². The van der Waals surface area contributed by atoms with Crippen molar-refractivity contribution in [1.29, 1.82) is 0 Å². The Balaban J connectivity index is 2.63. The van der Waals surface area contributed by atoms with Gasteiger partial charge in [-0.05, 0) is 24.6 Å². The monoisotopic (exact) mass is 340 g/mol. The quantitative estimate of drug-likeness (QED) is 0.864. The number of halogens is 1. The molecule has 110 valence electrons. The molecule has 2 amide bonds. The molecule has 0 aliphatic carbocycles. The topological polar surface area (TPSA) is 58.2 Å². The molecule has 5 heteroatoms. The highest BCUT2D eigenvalue weighted by Crippen LogP contribution is 2.25. The number of nitrogens with one attached hydrogen (secondary N) is 2. The Labute approximate surface area is 128 Å². The van der Waals surface area contributed by atoms with E-state index in [1.165, 1.54) is 6.92 Å². The van der Waals surface area contributed by atoms with E-state index in [1.807, 2.05) is 24.3 Å². The van der Waals surface area contributed by atoms with Crippen molar-refractivity contribution >= 4 is 27.7 Å². The van der Waals surface area contributed by atoms with Gasteiger partial charge in [0.05, 0.1) is 0 Å². The van der Waals surface area contributed by atoms with Gasteiger partial charge in [0.2, 0.25) is 11.8 Å². The zero-order valence-corrected chi connectivity index (χ0v) is 13.9. The standard InChI is InChI=1S/C15H21BrN2O2/c1-10(18-11(2)19)14(20)17-9-15(3,4)12-6-5-7-13(16)8-12/h5-8,10H,9H2,1-4H3,(H,17,20)(H,18,19)/t10-/m0/s1. The zero-order valence-electron chi connectivity index (χ0n) is 12.3. The van der Waals surface area contributed by atoms with E-state index in [-0.39, 0.29) is 17.2 Å². The van der Waals surface area contributed by atoms with E-state index in [0.717, 1.165) is 10.0 Å². The molecule has 1 aromatic carbocycles. The van der Waals surface area contributed by atoms with Crippen LogP contribution in [0.2, 0.25) is 0 Å². The van der Waals surface area contributed by atoms with Crippen molar-refractivity contribution in [2.45, 2.75) is 39.2 Å². The van der Waals surface area contributed by atoms with Crippen LogP contribution in [-0.2, 0) is 15.0 Å². The molecule has 4 nitrogen and oxygen atoms in total. The highest BCUT2D eigenvalue weighted by Gasteiger charge is 2.23. The Morgan fingerprint density at radius 1 is 1.35 bits per heavy atom. The summed E-state index contributed by atoms with van der Waals surface area (Å²) in [4.78, 5) is 22.8. The van der Waals surface area contributed by atoms with Crippen LogP contribution in [0.3, 0.4) is 0 Å². The van der Waals surface area contributed by atoms with Gasteiger partial charge in [0.25, 0.3) is 0 Å². The normalized spacial score (nSPS) is 12.7. The maximum Gasteiger partial charge on any atom is 0.242 e. The predicted octanol–water partition coefficient (Wildman–Crippen LogP) is 2.37. The summed E-state index contributed by atoms with van der Waals surface area (Å²) in [5, 5.41) is 5.45. The van der Waals surface area contributed by atoms with Crippen molar-refractivity contribution in [3.05, 3.63) is 34.3 Å². The molecule has 0 radical (unpaired) electrons. The van der Waals surface area contributed by atoms with E-state index in [9.17, 15) is 9.59 Å². The summed E-state index contributed by atoms with van der Waals surface area (Å²) in [6.07, 6.45) is 0. The van der Waals surface area contributed by atoms with Crippen LogP contribution in [0, 0.1) is 0 Å². The third kappa shape index (κ3) is 4.96. The van der Waals surface area contributed by atoms with Crippen LogP contribution in [-0.4, -0.2) is 24.4 Å². The Bertz CT molecular complexity index is 500. The number of rotatable bonds is 5. The van der Waals surface area contributed by atoms with Gasteiger partial charge in [0.1, 0.15) is 6.04 Å². The Morgan fingerprint density at radius 3 is 2.55 bits per heavy atom. The maximum atomic E-state index is 11.9. The van der Waals surface area contributed by atoms with Crippen molar-refractivity contribution in [3.63, 3.8) is 0 Å².